The number of nitrogens with zero attached hydrogens (tertiary/aromatic N) is 1. The van der Waals surface area contributed by atoms with Gasteiger partial charge in [-0.15, -0.1) is 0 Å². The van der Waals surface area contributed by atoms with Gasteiger partial charge in [0.15, 0.2) is 4.75 Å². The maximum atomic E-state index is 13.6. The van der Waals surface area contributed by atoms with Crippen LogP contribution in [0.2, 0.25) is 0 Å². The summed E-state index contributed by atoms with van der Waals surface area (Å²) in [4.78, 5) is 0. The number of halogens is 2. The van der Waals surface area contributed by atoms with E-state index in [2.05, 4.69) is 0 Å². The zero-order chi connectivity index (χ0) is 17.9. The average Bonchev–Trinajstić information content (AvgIpc) is 2.65. The van der Waals surface area contributed by atoms with Gasteiger partial charge >= 0.3 is 0 Å². The summed E-state index contributed by atoms with van der Waals surface area (Å²) in [5, 5.41) is 0. The average molecular weight is 359 g/mol. The maximum absolute atomic E-state index is 13.6. The largest absolute Gasteiger partial charge is 0.286 e. The molecule has 25 heavy (non-hydrogen) atoms. The maximum Gasteiger partial charge on any atom is 0.286 e. The Morgan fingerprint density at radius 1 is 0.600 bits per heavy atom. The van der Waals surface area contributed by atoms with Gasteiger partial charge in [0.1, 0.15) is 4.75 Å². The van der Waals surface area contributed by atoms with Crippen LogP contribution in [0, 0.1) is 0 Å². The first-order valence-electron chi connectivity index (χ1n) is 7.54. The molecule has 0 amide bonds. The molecule has 0 aromatic heterocycles. The number of sulfonamides is 1. The van der Waals surface area contributed by atoms with E-state index in [1.807, 2.05) is 0 Å². The Labute approximate surface area is 145 Å². The molecule has 0 saturated carbocycles. The lowest BCUT2D eigenvalue weighted by Crippen LogP contribution is -2.43. The molecular weight excluding hydrogens is 344 g/mol. The van der Waals surface area contributed by atoms with Crippen molar-refractivity contribution in [2.45, 2.75) is 4.75 Å². The van der Waals surface area contributed by atoms with Gasteiger partial charge in [0.25, 0.3) is 10.0 Å². The van der Waals surface area contributed by atoms with Gasteiger partial charge in [0.2, 0.25) is 0 Å². The Morgan fingerprint density at radius 3 is 1.12 bits per heavy atom. The van der Waals surface area contributed by atoms with E-state index in [0.29, 0.717) is 0 Å². The molecule has 3 aromatic carbocycles. The molecule has 0 saturated heterocycles. The van der Waals surface area contributed by atoms with Crippen molar-refractivity contribution in [2.75, 3.05) is 0 Å². The molecule has 0 unspecified atom stereocenters. The van der Waals surface area contributed by atoms with Gasteiger partial charge in [-0.1, -0.05) is 100.0 Å². The molecule has 3 nitrogen and oxygen atoms in total. The van der Waals surface area contributed by atoms with Gasteiger partial charge in [-0.3, -0.25) is 0 Å². The fourth-order valence-corrected chi connectivity index (χ4v) is 4.58. The standard InChI is InChI=1S/C19H15F2NO2S/c20-22(21)25(23,24)19(16-10-4-1-5-11-16,17-12-6-2-7-13-17)18-14-8-3-9-15-18/h1-15H. The molecule has 0 aliphatic carbocycles. The lowest BCUT2D eigenvalue weighted by Gasteiger charge is -2.34. The summed E-state index contributed by atoms with van der Waals surface area (Å²) in [7, 11) is -5.06. The van der Waals surface area contributed by atoms with Crippen LogP contribution in [0.4, 0.5) is 8.96 Å². The first-order valence-corrected chi connectivity index (χ1v) is 8.98. The molecule has 0 N–H and O–H groups in total. The Morgan fingerprint density at radius 2 is 0.880 bits per heavy atom. The summed E-state index contributed by atoms with van der Waals surface area (Å²) in [6, 6.07) is 24.2. The smallest absolute Gasteiger partial charge is 0.206 e. The molecule has 0 fully saturated rings. The normalized spacial score (nSPS) is 12.3. The summed E-state index contributed by atoms with van der Waals surface area (Å²) in [5.74, 6) is 0. The minimum absolute atomic E-state index is 0.243. The Balaban J connectivity index is 2.50. The summed E-state index contributed by atoms with van der Waals surface area (Å²) in [5.41, 5.74) is 0.730. The summed E-state index contributed by atoms with van der Waals surface area (Å²) < 4.78 is 49.3. The summed E-state index contributed by atoms with van der Waals surface area (Å²) in [6.07, 6.45) is 0. The van der Waals surface area contributed by atoms with E-state index in [1.165, 1.54) is 0 Å². The molecule has 0 atom stereocenters. The lowest BCUT2D eigenvalue weighted by molar-refractivity contribution is -0.0557. The first kappa shape index (κ1) is 17.3. The van der Waals surface area contributed by atoms with Crippen molar-refractivity contribution in [2.24, 2.45) is 0 Å². The van der Waals surface area contributed by atoms with Crippen molar-refractivity contribution in [1.29, 1.82) is 0 Å². The predicted octanol–water partition coefficient (Wildman–Crippen LogP) is 4.38. The molecule has 6 heteroatoms. The molecule has 0 radical (unpaired) electrons. The second-order valence-electron chi connectivity index (χ2n) is 5.46. The first-order chi connectivity index (χ1) is 12.0. The Bertz CT molecular complexity index is 834. The van der Waals surface area contributed by atoms with Crippen LogP contribution in [0.5, 0.6) is 0 Å². The number of hydrogen-bond donors (Lipinski definition) is 0. The third-order valence-corrected chi connectivity index (χ3v) is 5.95. The van der Waals surface area contributed by atoms with Gasteiger partial charge < -0.3 is 0 Å². The summed E-state index contributed by atoms with van der Waals surface area (Å²) >= 11 is 0. The van der Waals surface area contributed by atoms with Crippen molar-refractivity contribution >= 4 is 10.0 Å². The molecule has 128 valence electrons. The van der Waals surface area contributed by atoms with E-state index >= 15 is 0 Å². The van der Waals surface area contributed by atoms with Crippen molar-refractivity contribution in [3.8, 4) is 0 Å². The molecule has 3 rings (SSSR count). The second-order valence-corrected chi connectivity index (χ2v) is 7.29. The summed E-state index contributed by atoms with van der Waals surface area (Å²) in [6.45, 7) is 0. The van der Waals surface area contributed by atoms with Crippen molar-refractivity contribution in [3.63, 3.8) is 0 Å². The Hall–Kier alpha value is -2.57. The van der Waals surface area contributed by atoms with Crippen LogP contribution in [-0.4, -0.2) is 13.2 Å². The molecule has 0 spiro atoms. The highest BCUT2D eigenvalue weighted by Crippen LogP contribution is 2.45. The SMILES string of the molecule is O=S(=O)(N(F)F)C(c1ccccc1)(c1ccccc1)c1ccccc1. The van der Waals surface area contributed by atoms with Crippen LogP contribution in [0.1, 0.15) is 16.7 Å². The predicted molar refractivity (Wildman–Crippen MR) is 92.2 cm³/mol. The highest BCUT2D eigenvalue weighted by Gasteiger charge is 2.53. The van der Waals surface area contributed by atoms with E-state index in [0.717, 1.165) is 0 Å². The zero-order valence-electron chi connectivity index (χ0n) is 13.1. The van der Waals surface area contributed by atoms with Crippen molar-refractivity contribution < 1.29 is 17.4 Å². The second kappa shape index (κ2) is 6.74. The highest BCUT2D eigenvalue weighted by atomic mass is 32.2. The van der Waals surface area contributed by atoms with Crippen LogP contribution in [0.25, 0.3) is 0 Å². The third-order valence-electron chi connectivity index (χ3n) is 4.11. The van der Waals surface area contributed by atoms with Crippen molar-refractivity contribution in [1.82, 2.24) is 4.75 Å². The van der Waals surface area contributed by atoms with E-state index < -0.39 is 19.5 Å². The monoisotopic (exact) mass is 359 g/mol. The molecule has 0 bridgehead atoms. The molecule has 3 aromatic rings. The molecule has 0 heterocycles. The Kier molecular flexibility index (Phi) is 4.65. The fraction of sp³-hybridized carbons (Fsp3) is 0.0526. The van der Waals surface area contributed by atoms with E-state index in [1.54, 1.807) is 91.0 Å². The van der Waals surface area contributed by atoms with Crippen LogP contribution in [0.3, 0.4) is 0 Å². The van der Waals surface area contributed by atoms with Gasteiger partial charge in [0, 0.05) is 0 Å². The number of benzene rings is 3. The van der Waals surface area contributed by atoms with Gasteiger partial charge in [-0.2, -0.15) is 0 Å². The fourth-order valence-electron chi connectivity index (χ4n) is 3.07. The quantitative estimate of drug-likeness (QED) is 0.501. The topological polar surface area (TPSA) is 37.4 Å². The van der Waals surface area contributed by atoms with Crippen LogP contribution >= 0.6 is 0 Å². The minimum Gasteiger partial charge on any atom is -0.206 e. The van der Waals surface area contributed by atoms with Gasteiger partial charge in [-0.25, -0.2) is 8.42 Å². The van der Waals surface area contributed by atoms with Crippen LogP contribution in [0.15, 0.2) is 91.0 Å². The van der Waals surface area contributed by atoms with E-state index in [9.17, 15) is 17.4 Å². The lowest BCUT2D eigenvalue weighted by atomic mass is 9.84. The van der Waals surface area contributed by atoms with E-state index in [-0.39, 0.29) is 16.7 Å². The van der Waals surface area contributed by atoms with Crippen LogP contribution in [-0.2, 0) is 14.8 Å². The molecule has 0 aliphatic rings. The highest BCUT2D eigenvalue weighted by molar-refractivity contribution is 7.90. The number of rotatable bonds is 5. The third kappa shape index (κ3) is 2.73. The van der Waals surface area contributed by atoms with Crippen LogP contribution < -0.4 is 0 Å². The van der Waals surface area contributed by atoms with E-state index in [4.69, 9.17) is 0 Å². The minimum atomic E-state index is -5.06. The molecule has 0 aliphatic heterocycles. The molecular formula is C19H15F2NO2S. The van der Waals surface area contributed by atoms with Gasteiger partial charge in [-0.05, 0) is 16.7 Å². The van der Waals surface area contributed by atoms with Crippen molar-refractivity contribution in [3.05, 3.63) is 108 Å². The zero-order valence-corrected chi connectivity index (χ0v) is 13.9. The van der Waals surface area contributed by atoms with Gasteiger partial charge in [0.05, 0.1) is 0 Å². The number of hydrogen-bond acceptors (Lipinski definition) is 2.